The molecule has 0 saturated carbocycles. The molecule has 5 heteroatoms. The van der Waals surface area contributed by atoms with E-state index in [1.807, 2.05) is 0 Å². The molecule has 1 amide bonds. The van der Waals surface area contributed by atoms with Crippen LogP contribution in [0.25, 0.3) is 0 Å². The summed E-state index contributed by atoms with van der Waals surface area (Å²) in [7, 11) is 0. The lowest BCUT2D eigenvalue weighted by molar-refractivity contribution is 0.0696. The number of carbonyl (C=O) groups is 2. The molecule has 118 valence electrons. The lowest BCUT2D eigenvalue weighted by Crippen LogP contribution is -2.23. The Kier molecular flexibility index (Phi) is 8.24. The predicted octanol–water partition coefficient (Wildman–Crippen LogP) is 3.85. The molecule has 2 N–H and O–H groups in total. The highest BCUT2D eigenvalue weighted by Crippen LogP contribution is 2.09. The minimum atomic E-state index is -1.10. The number of aromatic carboxylic acids is 1. The van der Waals surface area contributed by atoms with Gasteiger partial charge in [0.25, 0.3) is 5.91 Å². The molecule has 5 nitrogen and oxygen atoms in total. The van der Waals surface area contributed by atoms with E-state index in [1.165, 1.54) is 44.6 Å². The molecular weight excluding hydrogens is 270 g/mol. The monoisotopic (exact) mass is 295 g/mol. The van der Waals surface area contributed by atoms with E-state index in [0.717, 1.165) is 19.1 Å². The third-order valence-electron chi connectivity index (χ3n) is 3.39. The first-order chi connectivity index (χ1) is 10.1. The zero-order chi connectivity index (χ0) is 15.5. The number of carboxylic acids is 1. The maximum absolute atomic E-state index is 11.7. The molecule has 1 rings (SSSR count). The fourth-order valence-corrected chi connectivity index (χ4v) is 2.12. The lowest BCUT2D eigenvalue weighted by atomic mass is 10.1. The summed E-state index contributed by atoms with van der Waals surface area (Å²) in [5.74, 6) is -1.40. The lowest BCUT2D eigenvalue weighted by Gasteiger charge is -2.03. The Morgan fingerprint density at radius 2 is 1.71 bits per heavy atom. The Hall–Kier alpha value is -1.78. The second-order valence-corrected chi connectivity index (χ2v) is 5.24. The van der Waals surface area contributed by atoms with Gasteiger partial charge < -0.3 is 14.8 Å². The number of carbonyl (C=O) groups excluding carboxylic acids is 1. The van der Waals surface area contributed by atoms with Gasteiger partial charge in [-0.15, -0.1) is 0 Å². The molecular formula is C16H25NO4. The van der Waals surface area contributed by atoms with Crippen molar-refractivity contribution in [3.63, 3.8) is 0 Å². The summed E-state index contributed by atoms with van der Waals surface area (Å²) in [5.41, 5.74) is -0.00720. The van der Waals surface area contributed by atoms with Crippen molar-refractivity contribution in [3.8, 4) is 0 Å². The van der Waals surface area contributed by atoms with Crippen molar-refractivity contribution >= 4 is 11.9 Å². The zero-order valence-electron chi connectivity index (χ0n) is 12.7. The Morgan fingerprint density at radius 3 is 2.29 bits per heavy atom. The van der Waals surface area contributed by atoms with Crippen LogP contribution in [-0.2, 0) is 0 Å². The molecule has 0 aliphatic carbocycles. The SMILES string of the molecule is CCCCCCCCCCNC(=O)c1cc(C(=O)O)co1. The molecule has 0 bridgehead atoms. The number of furan rings is 1. The van der Waals surface area contributed by atoms with E-state index in [9.17, 15) is 9.59 Å². The molecule has 0 spiro atoms. The number of rotatable bonds is 11. The number of carboxylic acid groups (broad SMARTS) is 1. The molecule has 1 heterocycles. The number of hydrogen-bond donors (Lipinski definition) is 2. The third-order valence-corrected chi connectivity index (χ3v) is 3.39. The van der Waals surface area contributed by atoms with E-state index in [1.54, 1.807) is 0 Å². The van der Waals surface area contributed by atoms with E-state index < -0.39 is 5.97 Å². The first-order valence-corrected chi connectivity index (χ1v) is 7.75. The molecule has 21 heavy (non-hydrogen) atoms. The van der Waals surface area contributed by atoms with Crippen molar-refractivity contribution in [1.82, 2.24) is 5.32 Å². The fraction of sp³-hybridized carbons (Fsp3) is 0.625. The molecule has 0 aliphatic rings. The molecule has 0 fully saturated rings. The molecule has 0 aromatic carbocycles. The average Bonchev–Trinajstić information content (AvgIpc) is 2.95. The van der Waals surface area contributed by atoms with Crippen LogP contribution in [0.3, 0.4) is 0 Å². The first-order valence-electron chi connectivity index (χ1n) is 7.75. The van der Waals surface area contributed by atoms with Gasteiger partial charge in [0.15, 0.2) is 5.76 Å². The summed E-state index contributed by atoms with van der Waals surface area (Å²) in [6.07, 6.45) is 10.8. The fourth-order valence-electron chi connectivity index (χ4n) is 2.12. The van der Waals surface area contributed by atoms with Crippen LogP contribution in [0.4, 0.5) is 0 Å². The largest absolute Gasteiger partial charge is 0.478 e. The van der Waals surface area contributed by atoms with Crippen LogP contribution in [-0.4, -0.2) is 23.5 Å². The highest BCUT2D eigenvalue weighted by molar-refractivity contribution is 5.95. The Bertz CT molecular complexity index is 439. The summed E-state index contributed by atoms with van der Waals surface area (Å²) in [4.78, 5) is 22.4. The maximum atomic E-state index is 11.7. The minimum absolute atomic E-state index is 0.00720. The van der Waals surface area contributed by atoms with E-state index in [2.05, 4.69) is 12.2 Å². The van der Waals surface area contributed by atoms with E-state index >= 15 is 0 Å². The van der Waals surface area contributed by atoms with Gasteiger partial charge >= 0.3 is 5.97 Å². The molecule has 0 atom stereocenters. The smallest absolute Gasteiger partial charge is 0.338 e. The highest BCUT2D eigenvalue weighted by atomic mass is 16.4. The van der Waals surface area contributed by atoms with Crippen molar-refractivity contribution in [2.75, 3.05) is 6.54 Å². The quantitative estimate of drug-likeness (QED) is 0.608. The summed E-state index contributed by atoms with van der Waals surface area (Å²) >= 11 is 0. The molecule has 0 unspecified atom stereocenters. The zero-order valence-corrected chi connectivity index (χ0v) is 12.7. The highest BCUT2D eigenvalue weighted by Gasteiger charge is 2.13. The second-order valence-electron chi connectivity index (χ2n) is 5.24. The predicted molar refractivity (Wildman–Crippen MR) is 80.6 cm³/mol. The van der Waals surface area contributed by atoms with Crippen molar-refractivity contribution in [2.24, 2.45) is 0 Å². The second kappa shape index (κ2) is 10.0. The van der Waals surface area contributed by atoms with Gasteiger partial charge in [0.05, 0.1) is 5.56 Å². The molecule has 1 aromatic rings. The average molecular weight is 295 g/mol. The molecule has 0 aliphatic heterocycles. The van der Waals surface area contributed by atoms with Crippen LogP contribution >= 0.6 is 0 Å². The summed E-state index contributed by atoms with van der Waals surface area (Å²) in [5, 5.41) is 11.5. The molecule has 0 saturated heterocycles. The Labute approximate surface area is 125 Å². The Morgan fingerprint density at radius 1 is 1.10 bits per heavy atom. The van der Waals surface area contributed by atoms with Crippen molar-refractivity contribution in [2.45, 2.75) is 58.3 Å². The van der Waals surface area contributed by atoms with Gasteiger partial charge in [0, 0.05) is 12.6 Å². The summed E-state index contributed by atoms with van der Waals surface area (Å²) < 4.78 is 4.93. The first kappa shape index (κ1) is 17.3. The van der Waals surface area contributed by atoms with Gasteiger partial charge in [-0.05, 0) is 6.42 Å². The number of amides is 1. The molecule has 1 aromatic heterocycles. The number of hydrogen-bond acceptors (Lipinski definition) is 3. The normalized spacial score (nSPS) is 10.5. The molecule has 0 radical (unpaired) electrons. The standard InChI is InChI=1S/C16H25NO4/c1-2-3-4-5-6-7-8-9-10-17-15(18)14-11-13(12-21-14)16(19)20/h11-12H,2-10H2,1H3,(H,17,18)(H,19,20). The van der Waals surface area contributed by atoms with Crippen LogP contribution in [0.15, 0.2) is 16.7 Å². The van der Waals surface area contributed by atoms with Crippen LogP contribution < -0.4 is 5.32 Å². The van der Waals surface area contributed by atoms with Gasteiger partial charge in [-0.3, -0.25) is 4.79 Å². The van der Waals surface area contributed by atoms with Gasteiger partial charge in [0.1, 0.15) is 6.26 Å². The van der Waals surface area contributed by atoms with Crippen LogP contribution in [0.5, 0.6) is 0 Å². The van der Waals surface area contributed by atoms with Crippen LogP contribution in [0.1, 0.15) is 79.2 Å². The van der Waals surface area contributed by atoms with Crippen LogP contribution in [0, 0.1) is 0 Å². The minimum Gasteiger partial charge on any atom is -0.478 e. The summed E-state index contributed by atoms with van der Waals surface area (Å²) in [6.45, 7) is 2.80. The van der Waals surface area contributed by atoms with Gasteiger partial charge in [-0.25, -0.2) is 4.79 Å². The van der Waals surface area contributed by atoms with E-state index in [-0.39, 0.29) is 17.2 Å². The summed E-state index contributed by atoms with van der Waals surface area (Å²) in [6, 6.07) is 1.24. The van der Waals surface area contributed by atoms with E-state index in [4.69, 9.17) is 9.52 Å². The van der Waals surface area contributed by atoms with Gasteiger partial charge in [-0.2, -0.15) is 0 Å². The van der Waals surface area contributed by atoms with Crippen molar-refractivity contribution < 1.29 is 19.1 Å². The Balaban J connectivity index is 2.06. The maximum Gasteiger partial charge on any atom is 0.338 e. The van der Waals surface area contributed by atoms with Crippen molar-refractivity contribution in [1.29, 1.82) is 0 Å². The van der Waals surface area contributed by atoms with Gasteiger partial charge in [-0.1, -0.05) is 51.9 Å². The number of unbranched alkanes of at least 4 members (excludes halogenated alkanes) is 7. The topological polar surface area (TPSA) is 79.5 Å². The van der Waals surface area contributed by atoms with Crippen molar-refractivity contribution in [3.05, 3.63) is 23.7 Å². The third kappa shape index (κ3) is 6.97. The van der Waals surface area contributed by atoms with E-state index in [0.29, 0.717) is 6.54 Å². The van der Waals surface area contributed by atoms with Gasteiger partial charge in [0.2, 0.25) is 0 Å². The number of nitrogens with one attached hydrogen (secondary N) is 1. The van der Waals surface area contributed by atoms with Crippen LogP contribution in [0.2, 0.25) is 0 Å².